The van der Waals surface area contributed by atoms with Crippen LogP contribution in [0.1, 0.15) is 44.6 Å². The topological polar surface area (TPSA) is 134 Å². The largest absolute Gasteiger partial charge is 0.494 e. The van der Waals surface area contributed by atoms with Crippen LogP contribution in [0.4, 0.5) is 14.6 Å². The highest BCUT2D eigenvalue weighted by atomic mass is 35.5. The molecule has 222 valence electrons. The number of piperidine rings is 1. The number of likely N-dealkylation sites (tertiary alicyclic amines) is 1. The van der Waals surface area contributed by atoms with E-state index in [9.17, 15) is 14.0 Å². The van der Waals surface area contributed by atoms with E-state index in [1.807, 2.05) is 0 Å². The van der Waals surface area contributed by atoms with Crippen molar-refractivity contribution in [1.29, 1.82) is 0 Å². The van der Waals surface area contributed by atoms with E-state index in [0.717, 1.165) is 0 Å². The number of methoxy groups -OCH3 is 1. The summed E-state index contributed by atoms with van der Waals surface area (Å²) in [5.41, 5.74) is 6.39. The molecule has 43 heavy (non-hydrogen) atoms. The number of carbonyl (C=O) groups excluding carboxylic acids is 1. The molecule has 0 spiro atoms. The fraction of sp³-hybridized carbons (Fsp3) is 0.310. The highest BCUT2D eigenvalue weighted by Gasteiger charge is 2.31. The van der Waals surface area contributed by atoms with E-state index in [1.165, 1.54) is 37.2 Å². The summed E-state index contributed by atoms with van der Waals surface area (Å²) in [5, 5.41) is 5.42. The zero-order valence-electron chi connectivity index (χ0n) is 23.5. The van der Waals surface area contributed by atoms with Gasteiger partial charge in [0.15, 0.2) is 17.2 Å². The number of nitrogen functional groups attached to an aromatic ring is 1. The maximum absolute atomic E-state index is 15.3. The van der Waals surface area contributed by atoms with Gasteiger partial charge in [-0.3, -0.25) is 14.2 Å². The van der Waals surface area contributed by atoms with Crippen LogP contribution in [-0.2, 0) is 4.79 Å². The zero-order chi connectivity index (χ0) is 30.6. The Bertz CT molecular complexity index is 1970. The highest BCUT2D eigenvalue weighted by molar-refractivity contribution is 6.35. The Morgan fingerprint density at radius 3 is 2.56 bits per heavy atom. The van der Waals surface area contributed by atoms with Crippen LogP contribution in [0.15, 0.2) is 41.5 Å². The second-order valence-electron chi connectivity index (χ2n) is 10.4. The lowest BCUT2D eigenvalue weighted by Gasteiger charge is -2.34. The van der Waals surface area contributed by atoms with E-state index in [2.05, 4.69) is 15.1 Å². The fourth-order valence-electron chi connectivity index (χ4n) is 5.74. The Hall–Kier alpha value is -4.65. The average Bonchev–Trinajstić information content (AvgIpc) is 3.38. The standard InChI is InChI=1S/C29H27ClF2N8O3/c1-14(40-28-22(26(33)34-13-35-28)25(37-40)17-7-8-20(43-3)24(32)23(17)31)27-36-19-6-4-5-18(30)21(19)29(42)39(27)16-9-11-38(12-10-16)15(2)41/h4-8,13-14,16H,9-12H2,1-3H3,(H2,33,34,35). The maximum atomic E-state index is 15.3. The van der Waals surface area contributed by atoms with Gasteiger partial charge in [0.05, 0.1) is 28.4 Å². The van der Waals surface area contributed by atoms with E-state index >= 15 is 4.39 Å². The first-order chi connectivity index (χ1) is 20.6. The number of benzene rings is 2. The summed E-state index contributed by atoms with van der Waals surface area (Å²) in [4.78, 5) is 41.1. The number of anilines is 1. The Morgan fingerprint density at radius 1 is 1.12 bits per heavy atom. The molecule has 11 nitrogen and oxygen atoms in total. The van der Waals surface area contributed by atoms with E-state index in [0.29, 0.717) is 37.3 Å². The Balaban J connectivity index is 1.57. The van der Waals surface area contributed by atoms with Gasteiger partial charge in [0.1, 0.15) is 29.7 Å². The number of hydrogen-bond acceptors (Lipinski definition) is 8. The molecule has 0 aliphatic carbocycles. The third-order valence-corrected chi connectivity index (χ3v) is 8.28. The van der Waals surface area contributed by atoms with Gasteiger partial charge in [0.25, 0.3) is 5.56 Å². The molecule has 1 aliphatic heterocycles. The zero-order valence-corrected chi connectivity index (χ0v) is 24.3. The number of aromatic nitrogens is 6. The summed E-state index contributed by atoms with van der Waals surface area (Å²) in [6, 6.07) is 6.65. The smallest absolute Gasteiger partial charge is 0.263 e. The summed E-state index contributed by atoms with van der Waals surface area (Å²) in [5.74, 6) is -2.27. The predicted molar refractivity (Wildman–Crippen MR) is 157 cm³/mol. The monoisotopic (exact) mass is 608 g/mol. The van der Waals surface area contributed by atoms with Crippen LogP contribution in [0.3, 0.4) is 0 Å². The first-order valence-electron chi connectivity index (χ1n) is 13.6. The molecule has 14 heteroatoms. The summed E-state index contributed by atoms with van der Waals surface area (Å²) >= 11 is 6.47. The molecule has 1 saturated heterocycles. The van der Waals surface area contributed by atoms with Crippen LogP contribution in [-0.4, -0.2) is 60.3 Å². The van der Waals surface area contributed by atoms with E-state index in [1.54, 1.807) is 34.6 Å². The molecule has 3 aromatic heterocycles. The van der Waals surface area contributed by atoms with Gasteiger partial charge >= 0.3 is 0 Å². The normalized spacial score (nSPS) is 14.9. The van der Waals surface area contributed by atoms with Crippen LogP contribution >= 0.6 is 11.6 Å². The number of amides is 1. The van der Waals surface area contributed by atoms with Crippen LogP contribution in [0.2, 0.25) is 5.02 Å². The third kappa shape index (κ3) is 4.63. The lowest BCUT2D eigenvalue weighted by Crippen LogP contribution is -2.41. The maximum Gasteiger partial charge on any atom is 0.263 e. The van der Waals surface area contributed by atoms with Gasteiger partial charge in [-0.15, -0.1) is 0 Å². The van der Waals surface area contributed by atoms with Crippen molar-refractivity contribution in [3.63, 3.8) is 0 Å². The molecule has 0 radical (unpaired) electrons. The molecule has 4 heterocycles. The number of halogens is 3. The minimum absolute atomic E-state index is 0.0151. The molecule has 2 aromatic carbocycles. The molecule has 0 bridgehead atoms. The number of nitrogens with two attached hydrogens (primary N) is 1. The Morgan fingerprint density at radius 2 is 1.86 bits per heavy atom. The second kappa shape index (κ2) is 10.9. The third-order valence-electron chi connectivity index (χ3n) is 7.96. The summed E-state index contributed by atoms with van der Waals surface area (Å²) in [6.07, 6.45) is 2.29. The van der Waals surface area contributed by atoms with Gasteiger partial charge < -0.3 is 15.4 Å². The molecule has 1 aliphatic rings. The van der Waals surface area contributed by atoms with Crippen LogP contribution in [0, 0.1) is 11.6 Å². The predicted octanol–water partition coefficient (Wildman–Crippen LogP) is 4.52. The average molecular weight is 609 g/mol. The molecular formula is C29H27ClF2N8O3. The van der Waals surface area contributed by atoms with Gasteiger partial charge in [-0.1, -0.05) is 17.7 Å². The van der Waals surface area contributed by atoms with E-state index < -0.39 is 17.7 Å². The Labute approximate surface area is 248 Å². The van der Waals surface area contributed by atoms with Gasteiger partial charge in [-0.05, 0) is 44.0 Å². The van der Waals surface area contributed by atoms with Crippen molar-refractivity contribution < 1.29 is 18.3 Å². The van der Waals surface area contributed by atoms with Crippen molar-refractivity contribution in [2.75, 3.05) is 25.9 Å². The summed E-state index contributed by atoms with van der Waals surface area (Å²) < 4.78 is 38.1. The molecule has 1 fully saturated rings. The van der Waals surface area contributed by atoms with Gasteiger partial charge in [-0.2, -0.15) is 9.49 Å². The number of fused-ring (bicyclic) bond motifs is 2. The van der Waals surface area contributed by atoms with Crippen molar-refractivity contribution in [1.82, 2.24) is 34.2 Å². The van der Waals surface area contributed by atoms with E-state index in [-0.39, 0.29) is 61.8 Å². The summed E-state index contributed by atoms with van der Waals surface area (Å²) in [6.45, 7) is 4.24. The number of hydrogen-bond donors (Lipinski definition) is 1. The fourth-order valence-corrected chi connectivity index (χ4v) is 5.99. The first-order valence-corrected chi connectivity index (χ1v) is 14.0. The minimum Gasteiger partial charge on any atom is -0.494 e. The molecule has 2 N–H and O–H groups in total. The number of rotatable bonds is 5. The van der Waals surface area contributed by atoms with E-state index in [4.69, 9.17) is 27.1 Å². The molecule has 6 rings (SSSR count). The molecule has 1 amide bonds. The van der Waals surface area contributed by atoms with Crippen molar-refractivity contribution >= 4 is 45.3 Å². The van der Waals surface area contributed by atoms with Crippen molar-refractivity contribution in [3.05, 3.63) is 69.5 Å². The lowest BCUT2D eigenvalue weighted by molar-refractivity contribution is -0.130. The van der Waals surface area contributed by atoms with Crippen LogP contribution in [0.5, 0.6) is 5.75 Å². The number of carbonyl (C=O) groups is 1. The number of ether oxygens (including phenoxy) is 1. The number of nitrogens with zero attached hydrogens (tertiary/aromatic N) is 7. The van der Waals surface area contributed by atoms with Crippen LogP contribution < -0.4 is 16.0 Å². The molecule has 5 aromatic rings. The van der Waals surface area contributed by atoms with Crippen LogP contribution in [0.25, 0.3) is 33.2 Å². The summed E-state index contributed by atoms with van der Waals surface area (Å²) in [7, 11) is 1.24. The Kier molecular flexibility index (Phi) is 7.20. The van der Waals surface area contributed by atoms with Gasteiger partial charge in [0.2, 0.25) is 11.7 Å². The van der Waals surface area contributed by atoms with Gasteiger partial charge in [-0.25, -0.2) is 24.0 Å². The van der Waals surface area contributed by atoms with Crippen molar-refractivity contribution in [2.45, 2.75) is 38.8 Å². The SMILES string of the molecule is COc1ccc(-c2nn(C(C)c3nc4cccc(Cl)c4c(=O)n3C3CCN(C(C)=O)CC3)c3ncnc(N)c23)c(F)c1F. The molecule has 1 atom stereocenters. The van der Waals surface area contributed by atoms with Crippen molar-refractivity contribution in [3.8, 4) is 17.0 Å². The first kappa shape index (κ1) is 28.5. The highest BCUT2D eigenvalue weighted by Crippen LogP contribution is 2.37. The second-order valence-corrected chi connectivity index (χ2v) is 10.8. The lowest BCUT2D eigenvalue weighted by atomic mass is 10.0. The molecule has 1 unspecified atom stereocenters. The quantitative estimate of drug-likeness (QED) is 0.308. The molecular weight excluding hydrogens is 582 g/mol. The van der Waals surface area contributed by atoms with Crippen molar-refractivity contribution in [2.24, 2.45) is 0 Å². The van der Waals surface area contributed by atoms with Gasteiger partial charge in [0, 0.05) is 31.6 Å². The minimum atomic E-state index is -1.18. The molecule has 0 saturated carbocycles.